The molecule has 0 N–H and O–H groups in total. The molecular weight excluding hydrogens is 215 g/mol. The first-order chi connectivity index (χ1) is 7.26. The fourth-order valence-electron chi connectivity index (χ4n) is 1.52. The molecule has 2 aromatic rings. The zero-order chi connectivity index (χ0) is 10.8. The molecule has 0 radical (unpaired) electrons. The fourth-order valence-corrected chi connectivity index (χ4v) is 1.73. The SMILES string of the molecule is C#CCn1c(CCl)nc2cc(F)ccc21. The Morgan fingerprint density at radius 3 is 3.00 bits per heavy atom. The number of aromatic nitrogens is 2. The van der Waals surface area contributed by atoms with E-state index in [1.165, 1.54) is 12.1 Å². The first-order valence-corrected chi connectivity index (χ1v) is 4.94. The zero-order valence-corrected chi connectivity index (χ0v) is 8.63. The minimum atomic E-state index is -0.311. The average Bonchev–Trinajstić information content (AvgIpc) is 2.56. The Hall–Kier alpha value is -1.53. The molecule has 0 aliphatic carbocycles. The first-order valence-electron chi connectivity index (χ1n) is 4.40. The molecule has 15 heavy (non-hydrogen) atoms. The summed E-state index contributed by atoms with van der Waals surface area (Å²) < 4.78 is 14.8. The van der Waals surface area contributed by atoms with Crippen LogP contribution < -0.4 is 0 Å². The van der Waals surface area contributed by atoms with Crippen molar-refractivity contribution in [1.82, 2.24) is 9.55 Å². The molecule has 0 bridgehead atoms. The van der Waals surface area contributed by atoms with Gasteiger partial charge >= 0.3 is 0 Å². The molecule has 0 aliphatic heterocycles. The Labute approximate surface area is 91.7 Å². The van der Waals surface area contributed by atoms with Crippen LogP contribution in [0.1, 0.15) is 5.82 Å². The van der Waals surface area contributed by atoms with Crippen molar-refractivity contribution in [2.24, 2.45) is 0 Å². The molecule has 4 heteroatoms. The van der Waals surface area contributed by atoms with Crippen molar-refractivity contribution >= 4 is 22.6 Å². The van der Waals surface area contributed by atoms with Crippen LogP contribution in [0.3, 0.4) is 0 Å². The van der Waals surface area contributed by atoms with Gasteiger partial charge in [-0.05, 0) is 12.1 Å². The van der Waals surface area contributed by atoms with Crippen molar-refractivity contribution in [1.29, 1.82) is 0 Å². The maximum atomic E-state index is 12.9. The van der Waals surface area contributed by atoms with Gasteiger partial charge in [0.25, 0.3) is 0 Å². The van der Waals surface area contributed by atoms with E-state index in [9.17, 15) is 4.39 Å². The predicted molar refractivity (Wildman–Crippen MR) is 58.1 cm³/mol. The average molecular weight is 223 g/mol. The molecule has 0 amide bonds. The summed E-state index contributed by atoms with van der Waals surface area (Å²) in [5.74, 6) is 3.14. The molecule has 0 saturated carbocycles. The molecule has 2 nitrogen and oxygen atoms in total. The van der Waals surface area contributed by atoms with E-state index in [4.69, 9.17) is 18.0 Å². The number of halogens is 2. The summed E-state index contributed by atoms with van der Waals surface area (Å²) in [6, 6.07) is 4.42. The molecule has 1 aromatic heterocycles. The lowest BCUT2D eigenvalue weighted by Gasteiger charge is -2.01. The third-order valence-corrected chi connectivity index (χ3v) is 2.40. The molecule has 0 fully saturated rings. The molecule has 0 unspecified atom stereocenters. The van der Waals surface area contributed by atoms with Crippen molar-refractivity contribution in [3.05, 3.63) is 29.8 Å². The lowest BCUT2D eigenvalue weighted by molar-refractivity contribution is 0.629. The van der Waals surface area contributed by atoms with Crippen LogP contribution in [0.25, 0.3) is 11.0 Å². The van der Waals surface area contributed by atoms with E-state index in [0.717, 1.165) is 5.52 Å². The summed E-state index contributed by atoms with van der Waals surface area (Å²) in [6.45, 7) is 0.393. The lowest BCUT2D eigenvalue weighted by Crippen LogP contribution is -2.00. The summed E-state index contributed by atoms with van der Waals surface area (Å²) in [5.41, 5.74) is 1.39. The topological polar surface area (TPSA) is 17.8 Å². The molecule has 2 rings (SSSR count). The van der Waals surface area contributed by atoms with Crippen molar-refractivity contribution in [3.63, 3.8) is 0 Å². The van der Waals surface area contributed by atoms with Gasteiger partial charge in [0, 0.05) is 6.07 Å². The zero-order valence-electron chi connectivity index (χ0n) is 7.87. The number of terminal acetylenes is 1. The van der Waals surface area contributed by atoms with E-state index < -0.39 is 0 Å². The van der Waals surface area contributed by atoms with Crippen LogP contribution in [0.2, 0.25) is 0 Å². The van der Waals surface area contributed by atoms with Gasteiger partial charge < -0.3 is 4.57 Å². The predicted octanol–water partition coefficient (Wildman–Crippen LogP) is 2.55. The summed E-state index contributed by atoms with van der Waals surface area (Å²) >= 11 is 5.73. The van der Waals surface area contributed by atoms with Crippen molar-refractivity contribution in [2.75, 3.05) is 0 Å². The standard InChI is InChI=1S/C11H8ClFN2/c1-2-5-15-10-4-3-8(13)6-9(10)14-11(15)7-12/h1,3-4,6H,5,7H2. The molecule has 76 valence electrons. The molecule has 0 atom stereocenters. The smallest absolute Gasteiger partial charge is 0.125 e. The maximum Gasteiger partial charge on any atom is 0.125 e. The van der Waals surface area contributed by atoms with E-state index in [0.29, 0.717) is 17.9 Å². The molecule has 1 aromatic carbocycles. The van der Waals surface area contributed by atoms with Crippen LogP contribution in [-0.2, 0) is 12.4 Å². The maximum absolute atomic E-state index is 12.9. The van der Waals surface area contributed by atoms with Crippen LogP contribution >= 0.6 is 11.6 Å². The molecular formula is C11H8ClFN2. The van der Waals surface area contributed by atoms with Gasteiger partial charge in [0.15, 0.2) is 0 Å². The number of hydrogen-bond donors (Lipinski definition) is 0. The second-order valence-corrected chi connectivity index (χ2v) is 3.35. The van der Waals surface area contributed by atoms with E-state index in [2.05, 4.69) is 10.9 Å². The largest absolute Gasteiger partial charge is 0.315 e. The fraction of sp³-hybridized carbons (Fsp3) is 0.182. The Bertz CT molecular complexity index is 539. The van der Waals surface area contributed by atoms with E-state index in [-0.39, 0.29) is 11.7 Å². The molecule has 1 heterocycles. The van der Waals surface area contributed by atoms with Gasteiger partial charge in [0.2, 0.25) is 0 Å². The highest BCUT2D eigenvalue weighted by molar-refractivity contribution is 6.16. The minimum Gasteiger partial charge on any atom is -0.315 e. The molecule has 0 aliphatic rings. The Morgan fingerprint density at radius 1 is 1.53 bits per heavy atom. The van der Waals surface area contributed by atoms with Gasteiger partial charge in [0.05, 0.1) is 23.5 Å². The third kappa shape index (κ3) is 1.69. The minimum absolute atomic E-state index is 0.262. The number of nitrogens with zero attached hydrogens (tertiary/aromatic N) is 2. The van der Waals surface area contributed by atoms with Gasteiger partial charge in [-0.3, -0.25) is 0 Å². The van der Waals surface area contributed by atoms with E-state index in [1.807, 2.05) is 4.57 Å². The third-order valence-electron chi connectivity index (χ3n) is 2.16. The molecule has 0 spiro atoms. The monoisotopic (exact) mass is 222 g/mol. The highest BCUT2D eigenvalue weighted by Gasteiger charge is 2.09. The van der Waals surface area contributed by atoms with E-state index in [1.54, 1.807) is 6.07 Å². The number of benzene rings is 1. The number of hydrogen-bond acceptors (Lipinski definition) is 1. The number of rotatable bonds is 2. The quantitative estimate of drug-likeness (QED) is 0.564. The summed E-state index contributed by atoms with van der Waals surface area (Å²) in [6.07, 6.45) is 5.25. The first kappa shape index (κ1) is 10.0. The van der Waals surface area contributed by atoms with Crippen LogP contribution in [0.4, 0.5) is 4.39 Å². The van der Waals surface area contributed by atoms with Gasteiger partial charge in [-0.2, -0.15) is 0 Å². The van der Waals surface area contributed by atoms with Crippen LogP contribution in [0, 0.1) is 18.2 Å². The number of imidazole rings is 1. The Kier molecular flexibility index (Phi) is 2.61. The highest BCUT2D eigenvalue weighted by atomic mass is 35.5. The van der Waals surface area contributed by atoms with Crippen LogP contribution in [0.5, 0.6) is 0 Å². The molecule has 0 saturated heterocycles. The van der Waals surface area contributed by atoms with E-state index >= 15 is 0 Å². The summed E-state index contributed by atoms with van der Waals surface area (Å²) in [5, 5.41) is 0. The van der Waals surface area contributed by atoms with Gasteiger partial charge in [-0.25, -0.2) is 9.37 Å². The van der Waals surface area contributed by atoms with Gasteiger partial charge in [0.1, 0.15) is 11.6 Å². The van der Waals surface area contributed by atoms with Crippen molar-refractivity contribution in [3.8, 4) is 12.3 Å². The van der Waals surface area contributed by atoms with Crippen molar-refractivity contribution < 1.29 is 4.39 Å². The van der Waals surface area contributed by atoms with Gasteiger partial charge in [-0.1, -0.05) is 5.92 Å². The Balaban J connectivity index is 2.70. The summed E-state index contributed by atoms with van der Waals surface area (Å²) in [4.78, 5) is 4.21. The Morgan fingerprint density at radius 2 is 2.33 bits per heavy atom. The second kappa shape index (κ2) is 3.92. The highest BCUT2D eigenvalue weighted by Crippen LogP contribution is 2.18. The second-order valence-electron chi connectivity index (χ2n) is 3.08. The van der Waals surface area contributed by atoms with Crippen LogP contribution in [-0.4, -0.2) is 9.55 Å². The lowest BCUT2D eigenvalue weighted by atomic mass is 10.3. The van der Waals surface area contributed by atoms with Crippen molar-refractivity contribution in [2.45, 2.75) is 12.4 Å². The normalized spacial score (nSPS) is 10.5. The van der Waals surface area contributed by atoms with Crippen LogP contribution in [0.15, 0.2) is 18.2 Å². The summed E-state index contributed by atoms with van der Waals surface area (Å²) in [7, 11) is 0. The van der Waals surface area contributed by atoms with Gasteiger partial charge in [-0.15, -0.1) is 18.0 Å². The number of fused-ring (bicyclic) bond motifs is 1. The number of alkyl halides is 1.